The molecule has 4 nitrogen and oxygen atoms in total. The molecule has 2 N–H and O–H groups in total. The summed E-state index contributed by atoms with van der Waals surface area (Å²) in [4.78, 5) is 24.0. The molecule has 0 spiro atoms. The van der Waals surface area contributed by atoms with E-state index in [1.165, 1.54) is 25.7 Å². The lowest BCUT2D eigenvalue weighted by Gasteiger charge is -2.28. The van der Waals surface area contributed by atoms with Gasteiger partial charge in [-0.15, -0.1) is 0 Å². The largest absolute Gasteiger partial charge is 0.355 e. The van der Waals surface area contributed by atoms with Crippen molar-refractivity contribution in [3.63, 3.8) is 0 Å². The van der Waals surface area contributed by atoms with Gasteiger partial charge in [0.1, 0.15) is 0 Å². The lowest BCUT2D eigenvalue weighted by Crippen LogP contribution is -2.41. The van der Waals surface area contributed by atoms with Crippen LogP contribution < -0.4 is 10.6 Å². The van der Waals surface area contributed by atoms with Crippen LogP contribution in [-0.2, 0) is 16.0 Å². The molecule has 4 heteroatoms. The predicted octanol–water partition coefficient (Wildman–Crippen LogP) is 2.68. The van der Waals surface area contributed by atoms with Crippen molar-refractivity contribution in [2.24, 2.45) is 17.8 Å². The summed E-state index contributed by atoms with van der Waals surface area (Å²) in [5.74, 6) is 2.38. The maximum Gasteiger partial charge on any atom is 0.224 e. The van der Waals surface area contributed by atoms with Crippen LogP contribution in [0.1, 0.15) is 44.6 Å². The van der Waals surface area contributed by atoms with E-state index >= 15 is 0 Å². The van der Waals surface area contributed by atoms with Crippen molar-refractivity contribution < 1.29 is 9.59 Å². The highest BCUT2D eigenvalue weighted by molar-refractivity contribution is 5.80. The molecule has 0 aromatic heterocycles. The van der Waals surface area contributed by atoms with Crippen LogP contribution in [0.3, 0.4) is 0 Å². The topological polar surface area (TPSA) is 58.2 Å². The van der Waals surface area contributed by atoms with Gasteiger partial charge in [0.2, 0.25) is 11.8 Å². The van der Waals surface area contributed by atoms with Gasteiger partial charge in [-0.2, -0.15) is 0 Å². The van der Waals surface area contributed by atoms with Crippen molar-refractivity contribution >= 4 is 11.8 Å². The normalized spacial score (nSPS) is 26.1. The summed E-state index contributed by atoms with van der Waals surface area (Å²) < 4.78 is 0. The molecule has 4 unspecified atom stereocenters. The summed E-state index contributed by atoms with van der Waals surface area (Å²) in [6.07, 6.45) is 6.08. The van der Waals surface area contributed by atoms with Crippen LogP contribution in [0.25, 0.3) is 0 Å². The highest BCUT2D eigenvalue weighted by atomic mass is 16.2. The van der Waals surface area contributed by atoms with Crippen molar-refractivity contribution in [1.82, 2.24) is 10.6 Å². The number of nitrogens with one attached hydrogen (secondary N) is 2. The third kappa shape index (κ3) is 4.37. The molecule has 0 heterocycles. The van der Waals surface area contributed by atoms with Crippen LogP contribution >= 0.6 is 0 Å². The van der Waals surface area contributed by atoms with E-state index in [1.807, 2.05) is 30.3 Å². The third-order valence-electron chi connectivity index (χ3n) is 5.71. The summed E-state index contributed by atoms with van der Waals surface area (Å²) in [5, 5.41) is 5.97. The standard InChI is InChI=1S/C20H28N2O2/c1-14(18-12-16-7-8-17(18)11-16)22-19(23)9-10-21-20(24)13-15-5-3-2-4-6-15/h2-6,14,16-18H,7-13H2,1H3,(H,21,24)(H,22,23). The van der Waals surface area contributed by atoms with E-state index in [-0.39, 0.29) is 17.9 Å². The molecule has 0 saturated heterocycles. The Morgan fingerprint density at radius 1 is 1.12 bits per heavy atom. The monoisotopic (exact) mass is 328 g/mol. The summed E-state index contributed by atoms with van der Waals surface area (Å²) in [6, 6.07) is 9.91. The number of carbonyl (C=O) groups is 2. The van der Waals surface area contributed by atoms with Crippen molar-refractivity contribution in [3.05, 3.63) is 35.9 Å². The molecule has 1 aromatic rings. The molecular formula is C20H28N2O2. The lowest BCUT2D eigenvalue weighted by molar-refractivity contribution is -0.122. The molecule has 2 aliphatic rings. The van der Waals surface area contributed by atoms with E-state index in [0.717, 1.165) is 17.4 Å². The summed E-state index contributed by atoms with van der Waals surface area (Å²) in [6.45, 7) is 2.54. The minimum Gasteiger partial charge on any atom is -0.355 e. The molecule has 2 saturated carbocycles. The Balaban J connectivity index is 1.33. The van der Waals surface area contributed by atoms with Crippen molar-refractivity contribution in [1.29, 1.82) is 0 Å². The summed E-state index contributed by atoms with van der Waals surface area (Å²) in [7, 11) is 0. The quantitative estimate of drug-likeness (QED) is 0.808. The Bertz CT molecular complexity index is 572. The minimum atomic E-state index is -0.0323. The second-order valence-electron chi connectivity index (χ2n) is 7.46. The Morgan fingerprint density at radius 2 is 1.92 bits per heavy atom. The van der Waals surface area contributed by atoms with Crippen LogP contribution in [0.4, 0.5) is 0 Å². The highest BCUT2D eigenvalue weighted by Crippen LogP contribution is 2.49. The molecule has 0 aliphatic heterocycles. The molecule has 0 radical (unpaired) electrons. The van der Waals surface area contributed by atoms with Gasteiger partial charge in [0.15, 0.2) is 0 Å². The number of hydrogen-bond acceptors (Lipinski definition) is 2. The number of fused-ring (bicyclic) bond motifs is 2. The zero-order valence-electron chi connectivity index (χ0n) is 14.5. The molecule has 130 valence electrons. The predicted molar refractivity (Wildman–Crippen MR) is 94.3 cm³/mol. The summed E-state index contributed by atoms with van der Waals surface area (Å²) in [5.41, 5.74) is 0.990. The van der Waals surface area contributed by atoms with Gasteiger partial charge >= 0.3 is 0 Å². The smallest absolute Gasteiger partial charge is 0.224 e. The first kappa shape index (κ1) is 17.0. The van der Waals surface area contributed by atoms with E-state index in [1.54, 1.807) is 0 Å². The molecule has 4 atom stereocenters. The lowest BCUT2D eigenvalue weighted by atomic mass is 9.84. The number of hydrogen-bond donors (Lipinski definition) is 2. The zero-order chi connectivity index (χ0) is 16.9. The Kier molecular flexibility index (Phi) is 5.54. The van der Waals surface area contributed by atoms with Crippen molar-refractivity contribution in [2.45, 2.75) is 51.5 Å². The number of amides is 2. The van der Waals surface area contributed by atoms with Gasteiger partial charge < -0.3 is 10.6 Å². The molecular weight excluding hydrogens is 300 g/mol. The second-order valence-corrected chi connectivity index (χ2v) is 7.46. The SMILES string of the molecule is CC(NC(=O)CCNC(=O)Cc1ccccc1)C1CC2CCC1C2. The number of rotatable bonds is 7. The van der Waals surface area contributed by atoms with E-state index in [0.29, 0.717) is 25.3 Å². The van der Waals surface area contributed by atoms with Crippen LogP contribution in [0.5, 0.6) is 0 Å². The first-order chi connectivity index (χ1) is 11.6. The second kappa shape index (κ2) is 7.82. The van der Waals surface area contributed by atoms with Crippen LogP contribution in [-0.4, -0.2) is 24.4 Å². The Morgan fingerprint density at radius 3 is 2.58 bits per heavy atom. The van der Waals surface area contributed by atoms with Crippen LogP contribution in [0.2, 0.25) is 0 Å². The van der Waals surface area contributed by atoms with Gasteiger partial charge in [-0.25, -0.2) is 0 Å². The van der Waals surface area contributed by atoms with E-state index in [4.69, 9.17) is 0 Å². The van der Waals surface area contributed by atoms with Crippen molar-refractivity contribution in [2.75, 3.05) is 6.54 Å². The molecule has 2 fully saturated rings. The minimum absolute atomic E-state index is 0.0323. The maximum atomic E-state index is 12.1. The molecule has 24 heavy (non-hydrogen) atoms. The van der Waals surface area contributed by atoms with Gasteiger partial charge in [-0.1, -0.05) is 36.8 Å². The maximum absolute atomic E-state index is 12.1. The third-order valence-corrected chi connectivity index (χ3v) is 5.71. The first-order valence-electron chi connectivity index (χ1n) is 9.22. The fraction of sp³-hybridized carbons (Fsp3) is 0.600. The van der Waals surface area contributed by atoms with Gasteiger partial charge in [-0.3, -0.25) is 9.59 Å². The molecule has 1 aromatic carbocycles. The number of benzene rings is 1. The van der Waals surface area contributed by atoms with Crippen molar-refractivity contribution in [3.8, 4) is 0 Å². The zero-order valence-corrected chi connectivity index (χ0v) is 14.5. The van der Waals surface area contributed by atoms with Crippen LogP contribution in [0, 0.1) is 17.8 Å². The molecule has 2 bridgehead atoms. The Hall–Kier alpha value is -1.84. The molecule has 3 rings (SSSR count). The fourth-order valence-corrected chi connectivity index (χ4v) is 4.50. The van der Waals surface area contributed by atoms with Gasteiger partial charge in [0.25, 0.3) is 0 Å². The van der Waals surface area contributed by atoms with E-state index in [9.17, 15) is 9.59 Å². The van der Waals surface area contributed by atoms with Gasteiger partial charge in [0, 0.05) is 19.0 Å². The van der Waals surface area contributed by atoms with E-state index in [2.05, 4.69) is 17.6 Å². The summed E-state index contributed by atoms with van der Waals surface area (Å²) >= 11 is 0. The van der Waals surface area contributed by atoms with Gasteiger partial charge in [0.05, 0.1) is 6.42 Å². The van der Waals surface area contributed by atoms with E-state index < -0.39 is 0 Å². The Labute approximate surface area is 144 Å². The first-order valence-corrected chi connectivity index (χ1v) is 9.22. The fourth-order valence-electron chi connectivity index (χ4n) is 4.50. The average Bonchev–Trinajstić information content (AvgIpc) is 3.19. The average molecular weight is 328 g/mol. The van der Waals surface area contributed by atoms with Gasteiger partial charge in [-0.05, 0) is 49.5 Å². The number of carbonyl (C=O) groups excluding carboxylic acids is 2. The molecule has 2 amide bonds. The van der Waals surface area contributed by atoms with Crippen LogP contribution in [0.15, 0.2) is 30.3 Å². The molecule has 2 aliphatic carbocycles. The highest BCUT2D eigenvalue weighted by Gasteiger charge is 2.42.